The number of methoxy groups -OCH3 is 1. The number of hydrogen-bond acceptors (Lipinski definition) is 5. The zero-order valence-corrected chi connectivity index (χ0v) is 18.9. The highest BCUT2D eigenvalue weighted by molar-refractivity contribution is 7.89. The Kier molecular flexibility index (Phi) is 6.48. The first-order valence-electron chi connectivity index (χ1n) is 10.7. The molecule has 170 valence electrons. The number of carbonyl (C=O) groups is 2. The lowest BCUT2D eigenvalue weighted by Crippen LogP contribution is -2.28. The molecule has 0 aliphatic carbocycles. The Bertz CT molecular complexity index is 1110. The lowest BCUT2D eigenvalue weighted by atomic mass is 10.1. The van der Waals surface area contributed by atoms with E-state index in [2.05, 4.69) is 5.32 Å². The SMILES string of the molecule is COc1ccc(S(=O)(=O)N2CCCC2)cc1NC(=O)c1ccc(CN2CCCC2=O)cc1. The van der Waals surface area contributed by atoms with Crippen LogP contribution in [0.3, 0.4) is 0 Å². The van der Waals surface area contributed by atoms with Crippen LogP contribution in [-0.2, 0) is 21.4 Å². The maximum Gasteiger partial charge on any atom is 0.255 e. The summed E-state index contributed by atoms with van der Waals surface area (Å²) in [4.78, 5) is 26.6. The van der Waals surface area contributed by atoms with E-state index in [0.717, 1.165) is 31.4 Å². The van der Waals surface area contributed by atoms with E-state index in [-0.39, 0.29) is 16.7 Å². The van der Waals surface area contributed by atoms with Crippen molar-refractivity contribution in [1.82, 2.24) is 9.21 Å². The molecule has 0 bridgehead atoms. The van der Waals surface area contributed by atoms with Gasteiger partial charge in [-0.25, -0.2) is 8.42 Å². The maximum atomic E-state index is 12.9. The Balaban J connectivity index is 1.50. The van der Waals surface area contributed by atoms with Crippen LogP contribution < -0.4 is 10.1 Å². The predicted octanol–water partition coefficient (Wildman–Crippen LogP) is 2.85. The van der Waals surface area contributed by atoms with Crippen LogP contribution in [0.4, 0.5) is 5.69 Å². The second-order valence-electron chi connectivity index (χ2n) is 8.04. The van der Waals surface area contributed by atoms with Crippen LogP contribution in [-0.4, -0.2) is 56.2 Å². The zero-order chi connectivity index (χ0) is 22.7. The second kappa shape index (κ2) is 9.30. The molecule has 2 heterocycles. The number of sulfonamides is 1. The van der Waals surface area contributed by atoms with Gasteiger partial charge >= 0.3 is 0 Å². The normalized spacial score (nSPS) is 17.0. The van der Waals surface area contributed by atoms with Gasteiger partial charge in [-0.3, -0.25) is 9.59 Å². The summed E-state index contributed by atoms with van der Waals surface area (Å²) in [7, 11) is -2.15. The molecule has 2 amide bonds. The summed E-state index contributed by atoms with van der Waals surface area (Å²) < 4.78 is 32.6. The number of nitrogens with one attached hydrogen (secondary N) is 1. The van der Waals surface area contributed by atoms with Gasteiger partial charge in [0.25, 0.3) is 5.91 Å². The standard InChI is InChI=1S/C23H27N3O5S/c1-31-21-11-10-19(32(29,30)26-13-2-3-14-26)15-20(21)24-23(28)18-8-6-17(7-9-18)16-25-12-4-5-22(25)27/h6-11,15H,2-5,12-14,16H2,1H3,(H,24,28). The Labute approximate surface area is 188 Å². The number of rotatable bonds is 7. The average Bonchev–Trinajstić information content (AvgIpc) is 3.47. The molecule has 2 aromatic carbocycles. The van der Waals surface area contributed by atoms with E-state index >= 15 is 0 Å². The van der Waals surface area contributed by atoms with Gasteiger partial charge in [-0.05, 0) is 55.2 Å². The number of hydrogen-bond donors (Lipinski definition) is 1. The van der Waals surface area contributed by atoms with Crippen LogP contribution in [0.25, 0.3) is 0 Å². The molecule has 9 heteroatoms. The van der Waals surface area contributed by atoms with Crippen molar-refractivity contribution < 1.29 is 22.7 Å². The van der Waals surface area contributed by atoms with Crippen molar-refractivity contribution in [3.8, 4) is 5.75 Å². The molecule has 4 rings (SSSR count). The van der Waals surface area contributed by atoms with Crippen LogP contribution in [0.15, 0.2) is 47.4 Å². The molecule has 0 atom stereocenters. The monoisotopic (exact) mass is 457 g/mol. The topological polar surface area (TPSA) is 96.0 Å². The summed E-state index contributed by atoms with van der Waals surface area (Å²) in [5.41, 5.74) is 1.67. The summed E-state index contributed by atoms with van der Waals surface area (Å²) in [6.07, 6.45) is 3.17. The molecule has 2 fully saturated rings. The van der Waals surface area contributed by atoms with Gasteiger partial charge in [-0.2, -0.15) is 4.31 Å². The Morgan fingerprint density at radius 1 is 1.03 bits per heavy atom. The molecule has 0 unspecified atom stereocenters. The molecule has 0 aromatic heterocycles. The third-order valence-corrected chi connectivity index (χ3v) is 7.78. The van der Waals surface area contributed by atoms with E-state index < -0.39 is 10.0 Å². The van der Waals surface area contributed by atoms with Crippen molar-refractivity contribution >= 4 is 27.5 Å². The van der Waals surface area contributed by atoms with E-state index in [1.54, 1.807) is 18.2 Å². The minimum Gasteiger partial charge on any atom is -0.495 e. The zero-order valence-electron chi connectivity index (χ0n) is 18.0. The van der Waals surface area contributed by atoms with Crippen molar-refractivity contribution in [3.63, 3.8) is 0 Å². The van der Waals surface area contributed by atoms with E-state index in [1.807, 2.05) is 17.0 Å². The van der Waals surface area contributed by atoms with Gasteiger partial charge in [0.15, 0.2) is 0 Å². The summed E-state index contributed by atoms with van der Waals surface area (Å²) in [6, 6.07) is 11.5. The fourth-order valence-corrected chi connectivity index (χ4v) is 5.61. The van der Waals surface area contributed by atoms with Gasteiger partial charge in [0.2, 0.25) is 15.9 Å². The fourth-order valence-electron chi connectivity index (χ4n) is 4.07. The van der Waals surface area contributed by atoms with Crippen molar-refractivity contribution in [1.29, 1.82) is 0 Å². The first-order valence-corrected chi connectivity index (χ1v) is 12.2. The fraction of sp³-hybridized carbons (Fsp3) is 0.391. The summed E-state index contributed by atoms with van der Waals surface area (Å²) in [5.74, 6) is 0.161. The molecule has 2 aliphatic heterocycles. The number of likely N-dealkylation sites (tertiary alicyclic amines) is 1. The van der Waals surface area contributed by atoms with E-state index in [9.17, 15) is 18.0 Å². The van der Waals surface area contributed by atoms with Crippen LogP contribution in [0.2, 0.25) is 0 Å². The average molecular weight is 458 g/mol. The van der Waals surface area contributed by atoms with E-state index in [0.29, 0.717) is 43.1 Å². The summed E-state index contributed by atoms with van der Waals surface area (Å²) in [6.45, 7) is 2.30. The first kappa shape index (κ1) is 22.3. The lowest BCUT2D eigenvalue weighted by Gasteiger charge is -2.18. The molecule has 2 saturated heterocycles. The van der Waals surface area contributed by atoms with Crippen molar-refractivity contribution in [2.45, 2.75) is 37.1 Å². The second-order valence-corrected chi connectivity index (χ2v) is 9.98. The van der Waals surface area contributed by atoms with Gasteiger partial charge < -0.3 is 15.0 Å². The van der Waals surface area contributed by atoms with Crippen molar-refractivity contribution in [2.75, 3.05) is 32.1 Å². The minimum absolute atomic E-state index is 0.126. The minimum atomic E-state index is -3.61. The van der Waals surface area contributed by atoms with Gasteiger partial charge in [0, 0.05) is 38.2 Å². The Morgan fingerprint density at radius 2 is 1.75 bits per heavy atom. The Hall–Kier alpha value is -2.91. The van der Waals surface area contributed by atoms with Crippen LogP contribution in [0, 0.1) is 0 Å². The first-order chi connectivity index (χ1) is 15.4. The lowest BCUT2D eigenvalue weighted by molar-refractivity contribution is -0.128. The van der Waals surface area contributed by atoms with Crippen molar-refractivity contribution in [3.05, 3.63) is 53.6 Å². The van der Waals surface area contributed by atoms with Crippen molar-refractivity contribution in [2.24, 2.45) is 0 Å². The molecule has 0 radical (unpaired) electrons. The molecule has 0 spiro atoms. The van der Waals surface area contributed by atoms with Gasteiger partial charge in [0.05, 0.1) is 17.7 Å². The summed E-state index contributed by atoms with van der Waals surface area (Å²) >= 11 is 0. The highest BCUT2D eigenvalue weighted by Gasteiger charge is 2.28. The number of carbonyl (C=O) groups excluding carboxylic acids is 2. The van der Waals surface area contributed by atoms with Gasteiger partial charge in [-0.1, -0.05) is 12.1 Å². The highest BCUT2D eigenvalue weighted by atomic mass is 32.2. The van der Waals surface area contributed by atoms with E-state index in [1.165, 1.54) is 23.5 Å². The third-order valence-electron chi connectivity index (χ3n) is 5.88. The molecule has 8 nitrogen and oxygen atoms in total. The summed E-state index contributed by atoms with van der Waals surface area (Å²) in [5, 5.41) is 2.77. The van der Waals surface area contributed by atoms with E-state index in [4.69, 9.17) is 4.74 Å². The molecule has 0 saturated carbocycles. The number of anilines is 1. The molecule has 2 aliphatic rings. The number of nitrogens with zero attached hydrogens (tertiary/aromatic N) is 2. The molecule has 2 aromatic rings. The van der Waals surface area contributed by atoms with Crippen LogP contribution >= 0.6 is 0 Å². The predicted molar refractivity (Wildman–Crippen MR) is 120 cm³/mol. The number of benzene rings is 2. The van der Waals surface area contributed by atoms with Crippen LogP contribution in [0.5, 0.6) is 5.75 Å². The largest absolute Gasteiger partial charge is 0.495 e. The third kappa shape index (κ3) is 4.63. The molecular formula is C23H27N3O5S. The smallest absolute Gasteiger partial charge is 0.255 e. The quantitative estimate of drug-likeness (QED) is 0.690. The number of amides is 2. The van der Waals surface area contributed by atoms with Gasteiger partial charge in [-0.15, -0.1) is 0 Å². The number of ether oxygens (including phenoxy) is 1. The molecule has 1 N–H and O–H groups in total. The highest BCUT2D eigenvalue weighted by Crippen LogP contribution is 2.30. The molecule has 32 heavy (non-hydrogen) atoms. The Morgan fingerprint density at radius 3 is 2.38 bits per heavy atom. The van der Waals surface area contributed by atoms with Gasteiger partial charge in [0.1, 0.15) is 5.75 Å². The van der Waals surface area contributed by atoms with Crippen LogP contribution in [0.1, 0.15) is 41.6 Å². The maximum absolute atomic E-state index is 12.9. The molecular weight excluding hydrogens is 430 g/mol.